The topological polar surface area (TPSA) is 55.8 Å². The summed E-state index contributed by atoms with van der Waals surface area (Å²) >= 11 is 1.63. The van der Waals surface area contributed by atoms with E-state index < -0.39 is 0 Å². The monoisotopic (exact) mass is 302 g/mol. The number of rotatable bonds is 5. The van der Waals surface area contributed by atoms with Gasteiger partial charge in [-0.15, -0.1) is 11.3 Å². The Morgan fingerprint density at radius 3 is 2.76 bits per heavy atom. The van der Waals surface area contributed by atoms with Gasteiger partial charge in [-0.1, -0.05) is 0 Å². The molecule has 0 atom stereocenters. The van der Waals surface area contributed by atoms with Crippen molar-refractivity contribution in [3.05, 3.63) is 41.5 Å². The standard InChI is InChI=1S/C15H18N4OS/c1-18(11-3-5-12(20-2)6-4-11)14-13(7-8-16)19-9-10-21-15(19)17-14/h3-6,9-10H,7-8,16H2,1-2H3. The van der Waals surface area contributed by atoms with E-state index in [0.29, 0.717) is 6.54 Å². The maximum absolute atomic E-state index is 5.75. The second-order valence-corrected chi connectivity index (χ2v) is 5.61. The molecule has 0 saturated heterocycles. The van der Waals surface area contributed by atoms with E-state index in [2.05, 4.69) is 9.30 Å². The highest BCUT2D eigenvalue weighted by atomic mass is 32.1. The maximum atomic E-state index is 5.75. The molecule has 3 aromatic rings. The Morgan fingerprint density at radius 2 is 2.10 bits per heavy atom. The fourth-order valence-corrected chi connectivity index (χ4v) is 3.11. The molecule has 5 nitrogen and oxygen atoms in total. The van der Waals surface area contributed by atoms with Crippen LogP contribution < -0.4 is 15.4 Å². The van der Waals surface area contributed by atoms with Crippen LogP contribution in [0.2, 0.25) is 0 Å². The van der Waals surface area contributed by atoms with Gasteiger partial charge in [0.15, 0.2) is 10.8 Å². The first-order valence-corrected chi connectivity index (χ1v) is 7.65. The molecule has 1 aromatic carbocycles. The number of aromatic nitrogens is 2. The lowest BCUT2D eigenvalue weighted by atomic mass is 10.2. The van der Waals surface area contributed by atoms with Crippen molar-refractivity contribution >= 4 is 27.8 Å². The first-order chi connectivity index (χ1) is 10.2. The highest BCUT2D eigenvalue weighted by Crippen LogP contribution is 2.30. The summed E-state index contributed by atoms with van der Waals surface area (Å²) in [6, 6.07) is 7.96. The van der Waals surface area contributed by atoms with Gasteiger partial charge in [0, 0.05) is 30.7 Å². The highest BCUT2D eigenvalue weighted by Gasteiger charge is 2.17. The average molecular weight is 302 g/mol. The molecule has 21 heavy (non-hydrogen) atoms. The lowest BCUT2D eigenvalue weighted by molar-refractivity contribution is 0.415. The number of anilines is 2. The normalized spacial score (nSPS) is 11.0. The number of hydrogen-bond donors (Lipinski definition) is 1. The van der Waals surface area contributed by atoms with E-state index in [1.807, 2.05) is 42.9 Å². The molecule has 0 unspecified atom stereocenters. The first-order valence-electron chi connectivity index (χ1n) is 6.77. The SMILES string of the molecule is COc1ccc(N(C)c2nc3sccn3c2CCN)cc1. The van der Waals surface area contributed by atoms with Crippen molar-refractivity contribution in [1.82, 2.24) is 9.38 Å². The lowest BCUT2D eigenvalue weighted by Gasteiger charge is -2.18. The van der Waals surface area contributed by atoms with E-state index in [0.717, 1.165) is 34.3 Å². The second-order valence-electron chi connectivity index (χ2n) is 4.73. The van der Waals surface area contributed by atoms with Crippen LogP contribution in [0.25, 0.3) is 4.96 Å². The van der Waals surface area contributed by atoms with Crippen LogP contribution in [-0.4, -0.2) is 30.1 Å². The minimum absolute atomic E-state index is 0.604. The largest absolute Gasteiger partial charge is 0.497 e. The molecule has 0 bridgehead atoms. The Bertz CT molecular complexity index is 732. The zero-order chi connectivity index (χ0) is 14.8. The summed E-state index contributed by atoms with van der Waals surface area (Å²) in [6.07, 6.45) is 2.84. The van der Waals surface area contributed by atoms with Gasteiger partial charge in [-0.25, -0.2) is 4.98 Å². The average Bonchev–Trinajstić information content (AvgIpc) is 3.09. The van der Waals surface area contributed by atoms with Gasteiger partial charge in [-0.05, 0) is 30.8 Å². The second kappa shape index (κ2) is 5.75. The summed E-state index contributed by atoms with van der Waals surface area (Å²) in [5.41, 5.74) is 7.97. The van der Waals surface area contributed by atoms with Crippen molar-refractivity contribution < 1.29 is 4.74 Å². The third kappa shape index (κ3) is 2.48. The Labute approximate surface area is 127 Å². The molecule has 2 N–H and O–H groups in total. The lowest BCUT2D eigenvalue weighted by Crippen LogP contribution is -2.14. The number of nitrogens with zero attached hydrogens (tertiary/aromatic N) is 3. The van der Waals surface area contributed by atoms with Gasteiger partial charge in [0.25, 0.3) is 0 Å². The Kier molecular flexibility index (Phi) is 3.81. The van der Waals surface area contributed by atoms with Gasteiger partial charge >= 0.3 is 0 Å². The Balaban J connectivity index is 2.01. The predicted molar refractivity (Wildman–Crippen MR) is 86.9 cm³/mol. The third-order valence-electron chi connectivity index (χ3n) is 3.50. The summed E-state index contributed by atoms with van der Waals surface area (Å²) in [6.45, 7) is 0.604. The van der Waals surface area contributed by atoms with Crippen LogP contribution in [0.15, 0.2) is 35.8 Å². The number of ether oxygens (including phenoxy) is 1. The zero-order valence-electron chi connectivity index (χ0n) is 12.1. The molecule has 0 amide bonds. The zero-order valence-corrected chi connectivity index (χ0v) is 12.9. The number of benzene rings is 1. The van der Waals surface area contributed by atoms with E-state index in [9.17, 15) is 0 Å². The molecular formula is C15H18N4OS. The number of hydrogen-bond acceptors (Lipinski definition) is 5. The Morgan fingerprint density at radius 1 is 1.33 bits per heavy atom. The van der Waals surface area contributed by atoms with Crippen LogP contribution in [0.5, 0.6) is 5.75 Å². The molecule has 0 aliphatic rings. The molecule has 0 saturated carbocycles. The van der Waals surface area contributed by atoms with Crippen molar-refractivity contribution in [2.24, 2.45) is 5.73 Å². The van der Waals surface area contributed by atoms with Crippen molar-refractivity contribution in [1.29, 1.82) is 0 Å². The fourth-order valence-electron chi connectivity index (χ4n) is 2.39. The van der Waals surface area contributed by atoms with E-state index >= 15 is 0 Å². The van der Waals surface area contributed by atoms with E-state index in [-0.39, 0.29) is 0 Å². The summed E-state index contributed by atoms with van der Waals surface area (Å²) in [7, 11) is 3.69. The molecule has 6 heteroatoms. The molecule has 0 fully saturated rings. The number of methoxy groups -OCH3 is 1. The van der Waals surface area contributed by atoms with E-state index in [1.165, 1.54) is 0 Å². The first kappa shape index (κ1) is 13.9. The molecule has 2 aromatic heterocycles. The quantitative estimate of drug-likeness (QED) is 0.787. The minimum atomic E-state index is 0.604. The fraction of sp³-hybridized carbons (Fsp3) is 0.267. The molecule has 2 heterocycles. The molecule has 3 rings (SSSR count). The van der Waals surface area contributed by atoms with E-state index in [1.54, 1.807) is 18.4 Å². The molecule has 110 valence electrons. The van der Waals surface area contributed by atoms with Gasteiger partial charge in [-0.3, -0.25) is 4.40 Å². The molecule has 0 spiro atoms. The Hall–Kier alpha value is -2.05. The van der Waals surface area contributed by atoms with Crippen LogP contribution in [0, 0.1) is 0 Å². The summed E-state index contributed by atoms with van der Waals surface area (Å²) in [5.74, 6) is 1.80. The summed E-state index contributed by atoms with van der Waals surface area (Å²) < 4.78 is 7.32. The van der Waals surface area contributed by atoms with Crippen molar-refractivity contribution in [3.63, 3.8) is 0 Å². The minimum Gasteiger partial charge on any atom is -0.497 e. The van der Waals surface area contributed by atoms with Crippen molar-refractivity contribution in [2.45, 2.75) is 6.42 Å². The summed E-state index contributed by atoms with van der Waals surface area (Å²) in [5, 5.41) is 2.04. The van der Waals surface area contributed by atoms with Gasteiger partial charge in [0.2, 0.25) is 0 Å². The predicted octanol–water partition coefficient (Wildman–Crippen LogP) is 2.67. The van der Waals surface area contributed by atoms with Crippen molar-refractivity contribution in [2.75, 3.05) is 25.6 Å². The van der Waals surface area contributed by atoms with Gasteiger partial charge in [0.05, 0.1) is 12.8 Å². The van der Waals surface area contributed by atoms with Crippen LogP contribution >= 0.6 is 11.3 Å². The number of thiazole rings is 1. The number of nitrogens with two attached hydrogens (primary N) is 1. The van der Waals surface area contributed by atoms with Gasteiger partial charge in [0.1, 0.15) is 5.75 Å². The number of imidazole rings is 1. The molecular weight excluding hydrogens is 284 g/mol. The van der Waals surface area contributed by atoms with Crippen molar-refractivity contribution in [3.8, 4) is 5.75 Å². The van der Waals surface area contributed by atoms with E-state index in [4.69, 9.17) is 15.5 Å². The van der Waals surface area contributed by atoms with Crippen LogP contribution in [0.3, 0.4) is 0 Å². The number of fused-ring (bicyclic) bond motifs is 1. The van der Waals surface area contributed by atoms with Crippen LogP contribution in [0.1, 0.15) is 5.69 Å². The third-order valence-corrected chi connectivity index (χ3v) is 4.26. The van der Waals surface area contributed by atoms with Gasteiger partial charge < -0.3 is 15.4 Å². The van der Waals surface area contributed by atoms with Crippen LogP contribution in [-0.2, 0) is 6.42 Å². The molecule has 0 aliphatic heterocycles. The van der Waals surface area contributed by atoms with Crippen LogP contribution in [0.4, 0.5) is 11.5 Å². The maximum Gasteiger partial charge on any atom is 0.195 e. The highest BCUT2D eigenvalue weighted by molar-refractivity contribution is 7.15. The van der Waals surface area contributed by atoms with Gasteiger partial charge in [-0.2, -0.15) is 0 Å². The molecule has 0 radical (unpaired) electrons. The molecule has 0 aliphatic carbocycles. The summed E-state index contributed by atoms with van der Waals surface area (Å²) in [4.78, 5) is 7.81. The smallest absolute Gasteiger partial charge is 0.195 e.